The molecule has 1 amide bonds. The summed E-state index contributed by atoms with van der Waals surface area (Å²) in [4.78, 5) is 14.7. The number of likely N-dealkylation sites (tertiary alicyclic amines) is 1. The minimum Gasteiger partial charge on any atom is -0.351 e. The summed E-state index contributed by atoms with van der Waals surface area (Å²) >= 11 is 0. The average Bonchev–Trinajstić information content (AvgIpc) is 3.08. The fourth-order valence-electron chi connectivity index (χ4n) is 4.05. The Morgan fingerprint density at radius 2 is 1.38 bits per heavy atom. The molecule has 2 aliphatic rings. The molecular weight excluding hydrogens is 296 g/mol. The maximum atomic E-state index is 12.5. The molecule has 2 aromatic carbocycles. The summed E-state index contributed by atoms with van der Waals surface area (Å²) in [6, 6.07) is 21.3. The van der Waals surface area contributed by atoms with Crippen LogP contribution in [-0.4, -0.2) is 36.5 Å². The SMILES string of the molecule is O=C(CN1CCCC1)NC1[C@@H](c2ccccc2)[C@@H]1c1ccccc1. The van der Waals surface area contributed by atoms with Crippen LogP contribution in [0, 0.1) is 0 Å². The van der Waals surface area contributed by atoms with Crippen LogP contribution in [0.1, 0.15) is 35.8 Å². The Morgan fingerprint density at radius 1 is 0.875 bits per heavy atom. The molecule has 0 radical (unpaired) electrons. The van der Waals surface area contributed by atoms with Gasteiger partial charge in [-0.15, -0.1) is 0 Å². The Bertz CT molecular complexity index is 634. The Morgan fingerprint density at radius 3 is 1.88 bits per heavy atom. The van der Waals surface area contributed by atoms with Crippen molar-refractivity contribution < 1.29 is 4.79 Å². The van der Waals surface area contributed by atoms with E-state index < -0.39 is 0 Å². The van der Waals surface area contributed by atoms with Crippen molar-refractivity contribution in [2.75, 3.05) is 19.6 Å². The van der Waals surface area contributed by atoms with Gasteiger partial charge in [0, 0.05) is 17.9 Å². The van der Waals surface area contributed by atoms with Crippen molar-refractivity contribution in [2.45, 2.75) is 30.7 Å². The lowest BCUT2D eigenvalue weighted by molar-refractivity contribution is -0.122. The van der Waals surface area contributed by atoms with Crippen molar-refractivity contribution in [1.82, 2.24) is 10.2 Å². The first-order chi connectivity index (χ1) is 11.8. The molecule has 4 rings (SSSR count). The number of carbonyl (C=O) groups is 1. The zero-order valence-electron chi connectivity index (χ0n) is 13.9. The van der Waals surface area contributed by atoms with Gasteiger partial charge in [0.25, 0.3) is 0 Å². The standard InChI is InChI=1S/C21H24N2O/c24-18(15-23-13-7-8-14-23)22-21-19(16-9-3-1-4-10-16)20(21)17-11-5-2-6-12-17/h1-6,9-12,19-21H,7-8,13-15H2,(H,22,24)/t19-,20-/m0/s1. The summed E-state index contributed by atoms with van der Waals surface area (Å²) in [6.45, 7) is 2.66. The van der Waals surface area contributed by atoms with Crippen molar-refractivity contribution >= 4 is 5.91 Å². The maximum absolute atomic E-state index is 12.5. The summed E-state index contributed by atoms with van der Waals surface area (Å²) in [5, 5.41) is 3.30. The molecule has 0 unspecified atom stereocenters. The fourth-order valence-corrected chi connectivity index (χ4v) is 4.05. The lowest BCUT2D eigenvalue weighted by Gasteiger charge is -2.14. The van der Waals surface area contributed by atoms with Crippen LogP contribution in [0.3, 0.4) is 0 Å². The van der Waals surface area contributed by atoms with E-state index in [0.717, 1.165) is 13.1 Å². The molecule has 0 aromatic heterocycles. The molecule has 1 aliphatic carbocycles. The predicted octanol–water partition coefficient (Wildman–Crippen LogP) is 3.15. The van der Waals surface area contributed by atoms with E-state index in [1.165, 1.54) is 24.0 Å². The highest BCUT2D eigenvalue weighted by Crippen LogP contribution is 2.54. The third kappa shape index (κ3) is 3.22. The Kier molecular flexibility index (Phi) is 4.35. The van der Waals surface area contributed by atoms with Gasteiger partial charge in [0.05, 0.1) is 6.54 Å². The molecule has 3 nitrogen and oxygen atoms in total. The van der Waals surface area contributed by atoms with E-state index in [1.54, 1.807) is 0 Å². The fraction of sp³-hybridized carbons (Fsp3) is 0.381. The van der Waals surface area contributed by atoms with E-state index in [4.69, 9.17) is 0 Å². The van der Waals surface area contributed by atoms with E-state index >= 15 is 0 Å². The number of benzene rings is 2. The first kappa shape index (κ1) is 15.4. The smallest absolute Gasteiger partial charge is 0.234 e. The zero-order chi connectivity index (χ0) is 16.4. The van der Waals surface area contributed by atoms with Crippen LogP contribution < -0.4 is 5.32 Å². The van der Waals surface area contributed by atoms with Gasteiger partial charge in [0.15, 0.2) is 0 Å². The number of nitrogens with zero attached hydrogens (tertiary/aromatic N) is 1. The highest BCUT2D eigenvalue weighted by atomic mass is 16.2. The summed E-state index contributed by atoms with van der Waals surface area (Å²) in [5.74, 6) is 0.938. The van der Waals surface area contributed by atoms with E-state index in [1.807, 2.05) is 12.1 Å². The van der Waals surface area contributed by atoms with Gasteiger partial charge < -0.3 is 5.32 Å². The van der Waals surface area contributed by atoms with Crippen LogP contribution in [0.15, 0.2) is 60.7 Å². The monoisotopic (exact) mass is 320 g/mol. The normalized spacial score (nSPS) is 26.2. The van der Waals surface area contributed by atoms with Crippen LogP contribution in [0.4, 0.5) is 0 Å². The minimum atomic E-state index is 0.168. The lowest BCUT2D eigenvalue weighted by Crippen LogP contribution is -2.37. The lowest BCUT2D eigenvalue weighted by atomic mass is 10.0. The van der Waals surface area contributed by atoms with Gasteiger partial charge >= 0.3 is 0 Å². The van der Waals surface area contributed by atoms with Crippen LogP contribution in [-0.2, 0) is 4.79 Å². The second kappa shape index (κ2) is 6.78. The third-order valence-corrected chi connectivity index (χ3v) is 5.28. The van der Waals surface area contributed by atoms with Crippen LogP contribution in [0.5, 0.6) is 0 Å². The van der Waals surface area contributed by atoms with Crippen LogP contribution >= 0.6 is 0 Å². The van der Waals surface area contributed by atoms with Crippen LogP contribution in [0.2, 0.25) is 0 Å². The third-order valence-electron chi connectivity index (χ3n) is 5.28. The van der Waals surface area contributed by atoms with Gasteiger partial charge in [-0.2, -0.15) is 0 Å². The quantitative estimate of drug-likeness (QED) is 0.918. The minimum absolute atomic E-state index is 0.168. The molecule has 124 valence electrons. The summed E-state index contributed by atoms with van der Waals surface area (Å²) in [5.41, 5.74) is 2.63. The molecule has 2 aromatic rings. The second-order valence-corrected chi connectivity index (χ2v) is 6.95. The molecule has 1 saturated carbocycles. The average molecular weight is 320 g/mol. The van der Waals surface area contributed by atoms with Gasteiger partial charge in [-0.25, -0.2) is 0 Å². The molecule has 2 atom stereocenters. The predicted molar refractivity (Wildman–Crippen MR) is 96.0 cm³/mol. The summed E-state index contributed by atoms with van der Waals surface area (Å²) in [7, 11) is 0. The van der Waals surface area contributed by atoms with Crippen molar-refractivity contribution in [3.63, 3.8) is 0 Å². The van der Waals surface area contributed by atoms with E-state index in [-0.39, 0.29) is 11.9 Å². The Balaban J connectivity index is 1.48. The van der Waals surface area contributed by atoms with Crippen molar-refractivity contribution in [1.29, 1.82) is 0 Å². The number of hydrogen-bond acceptors (Lipinski definition) is 2. The molecule has 2 fully saturated rings. The topological polar surface area (TPSA) is 32.3 Å². The van der Waals surface area contributed by atoms with Crippen LogP contribution in [0.25, 0.3) is 0 Å². The molecule has 1 N–H and O–H groups in total. The zero-order valence-corrected chi connectivity index (χ0v) is 13.9. The molecule has 0 bridgehead atoms. The molecule has 1 heterocycles. The number of amides is 1. The van der Waals surface area contributed by atoms with Gasteiger partial charge in [0.1, 0.15) is 0 Å². The highest BCUT2D eigenvalue weighted by Gasteiger charge is 2.52. The molecule has 1 saturated heterocycles. The molecule has 1 aliphatic heterocycles. The molecule has 24 heavy (non-hydrogen) atoms. The first-order valence-electron chi connectivity index (χ1n) is 8.94. The van der Waals surface area contributed by atoms with Gasteiger partial charge in [-0.1, -0.05) is 60.7 Å². The number of nitrogens with one attached hydrogen (secondary N) is 1. The molecule has 0 spiro atoms. The number of hydrogen-bond donors (Lipinski definition) is 1. The highest BCUT2D eigenvalue weighted by molar-refractivity contribution is 5.79. The molecule has 3 heteroatoms. The largest absolute Gasteiger partial charge is 0.351 e. The van der Waals surface area contributed by atoms with E-state index in [0.29, 0.717) is 18.4 Å². The molecular formula is C21H24N2O. The summed E-state index contributed by atoms with van der Waals surface area (Å²) < 4.78 is 0. The van der Waals surface area contributed by atoms with Crippen molar-refractivity contribution in [3.8, 4) is 0 Å². The number of rotatable bonds is 5. The van der Waals surface area contributed by atoms with Gasteiger partial charge in [-0.05, 0) is 37.1 Å². The van der Waals surface area contributed by atoms with Gasteiger partial charge in [0.2, 0.25) is 5.91 Å². The Labute approximate surface area is 143 Å². The first-order valence-corrected chi connectivity index (χ1v) is 8.94. The number of carbonyl (C=O) groups excluding carboxylic acids is 1. The maximum Gasteiger partial charge on any atom is 0.234 e. The summed E-state index contributed by atoms with van der Waals surface area (Å²) in [6.07, 6.45) is 2.44. The Hall–Kier alpha value is -2.13. The van der Waals surface area contributed by atoms with Crippen molar-refractivity contribution in [2.24, 2.45) is 0 Å². The van der Waals surface area contributed by atoms with Gasteiger partial charge in [-0.3, -0.25) is 9.69 Å². The van der Waals surface area contributed by atoms with E-state index in [9.17, 15) is 4.79 Å². The van der Waals surface area contributed by atoms with E-state index in [2.05, 4.69) is 58.7 Å². The van der Waals surface area contributed by atoms with Crippen molar-refractivity contribution in [3.05, 3.63) is 71.8 Å². The second-order valence-electron chi connectivity index (χ2n) is 6.95.